The minimum absolute atomic E-state index is 0.0775. The van der Waals surface area contributed by atoms with E-state index in [9.17, 15) is 8.78 Å². The zero-order valence-corrected chi connectivity index (χ0v) is 9.90. The summed E-state index contributed by atoms with van der Waals surface area (Å²) in [4.78, 5) is 0. The lowest BCUT2D eigenvalue weighted by molar-refractivity contribution is 0.514. The number of nitrogens with one attached hydrogen (secondary N) is 1. The maximum Gasteiger partial charge on any atom is 0.129 e. The van der Waals surface area contributed by atoms with Gasteiger partial charge in [0.25, 0.3) is 0 Å². The summed E-state index contributed by atoms with van der Waals surface area (Å²) in [6.07, 6.45) is 3.36. The van der Waals surface area contributed by atoms with E-state index >= 15 is 0 Å². The van der Waals surface area contributed by atoms with Gasteiger partial charge in [-0.2, -0.15) is 10.2 Å². The Bertz CT molecular complexity index is 497. The molecule has 0 saturated carbocycles. The van der Waals surface area contributed by atoms with Gasteiger partial charge in [-0.05, 0) is 37.2 Å². The van der Waals surface area contributed by atoms with E-state index in [1.54, 1.807) is 25.5 Å². The third kappa shape index (κ3) is 2.68. The van der Waals surface area contributed by atoms with Gasteiger partial charge in [0.05, 0.1) is 6.20 Å². The van der Waals surface area contributed by atoms with Gasteiger partial charge in [-0.3, -0.25) is 0 Å². The molecule has 0 aliphatic carbocycles. The largest absolute Gasteiger partial charge is 0.313 e. The predicted molar refractivity (Wildman–Crippen MR) is 63.9 cm³/mol. The fraction of sp³-hybridized carbons (Fsp3) is 0.231. The third-order valence-corrected chi connectivity index (χ3v) is 2.83. The lowest BCUT2D eigenvalue weighted by Gasteiger charge is -2.16. The number of halogens is 2. The molecule has 1 atom stereocenters. The molecule has 1 aromatic carbocycles. The molecule has 1 heterocycles. The van der Waals surface area contributed by atoms with Gasteiger partial charge in [0, 0.05) is 17.8 Å². The van der Waals surface area contributed by atoms with Gasteiger partial charge < -0.3 is 5.32 Å². The van der Waals surface area contributed by atoms with Gasteiger partial charge in [0.1, 0.15) is 11.6 Å². The molecule has 3 nitrogen and oxygen atoms in total. The molecule has 1 unspecified atom stereocenters. The van der Waals surface area contributed by atoms with Crippen LogP contribution in [0.25, 0.3) is 0 Å². The molecule has 0 fully saturated rings. The van der Waals surface area contributed by atoms with Crippen molar-refractivity contribution in [1.82, 2.24) is 15.5 Å². The normalized spacial score (nSPS) is 12.4. The van der Waals surface area contributed by atoms with Crippen LogP contribution in [0.1, 0.15) is 17.2 Å². The molecule has 0 radical (unpaired) electrons. The van der Waals surface area contributed by atoms with Crippen molar-refractivity contribution >= 4 is 0 Å². The number of rotatable bonds is 4. The molecule has 0 saturated heterocycles. The summed E-state index contributed by atoms with van der Waals surface area (Å²) in [6.45, 7) is 0. The van der Waals surface area contributed by atoms with Crippen LogP contribution < -0.4 is 5.32 Å². The van der Waals surface area contributed by atoms with Crippen LogP contribution in [-0.2, 0) is 6.42 Å². The lowest BCUT2D eigenvalue weighted by atomic mass is 10.00. The second-order valence-corrected chi connectivity index (χ2v) is 3.92. The molecule has 94 valence electrons. The Labute approximate surface area is 104 Å². The summed E-state index contributed by atoms with van der Waals surface area (Å²) in [5.74, 6) is -1.06. The van der Waals surface area contributed by atoms with Crippen molar-refractivity contribution in [2.45, 2.75) is 12.5 Å². The highest BCUT2D eigenvalue weighted by atomic mass is 19.1. The first-order valence-corrected chi connectivity index (χ1v) is 5.59. The van der Waals surface area contributed by atoms with Gasteiger partial charge in [-0.15, -0.1) is 0 Å². The van der Waals surface area contributed by atoms with E-state index in [2.05, 4.69) is 15.5 Å². The maximum atomic E-state index is 13.6. The first kappa shape index (κ1) is 12.6. The first-order chi connectivity index (χ1) is 8.72. The number of hydrogen-bond donors (Lipinski definition) is 1. The SMILES string of the molecule is CNC(Cc1c(F)cccc1F)c1ccnnc1. The Morgan fingerprint density at radius 2 is 1.89 bits per heavy atom. The van der Waals surface area contributed by atoms with Crippen molar-refractivity contribution in [1.29, 1.82) is 0 Å². The van der Waals surface area contributed by atoms with E-state index in [0.717, 1.165) is 5.56 Å². The summed E-state index contributed by atoms with van der Waals surface area (Å²) in [7, 11) is 1.74. The average molecular weight is 249 g/mol. The summed E-state index contributed by atoms with van der Waals surface area (Å²) >= 11 is 0. The summed E-state index contributed by atoms with van der Waals surface area (Å²) < 4.78 is 27.1. The van der Waals surface area contributed by atoms with Crippen LogP contribution in [0.15, 0.2) is 36.7 Å². The molecule has 18 heavy (non-hydrogen) atoms. The Morgan fingerprint density at radius 1 is 1.17 bits per heavy atom. The zero-order chi connectivity index (χ0) is 13.0. The topological polar surface area (TPSA) is 37.8 Å². The maximum absolute atomic E-state index is 13.6. The molecule has 2 rings (SSSR count). The van der Waals surface area contributed by atoms with Crippen LogP contribution in [0.5, 0.6) is 0 Å². The minimum Gasteiger partial charge on any atom is -0.313 e. The second-order valence-electron chi connectivity index (χ2n) is 3.92. The third-order valence-electron chi connectivity index (χ3n) is 2.83. The number of hydrogen-bond acceptors (Lipinski definition) is 3. The number of nitrogens with zero attached hydrogens (tertiary/aromatic N) is 2. The number of likely N-dealkylation sites (N-methyl/N-ethyl adjacent to an activating group) is 1. The van der Waals surface area contributed by atoms with Gasteiger partial charge in [0.2, 0.25) is 0 Å². The van der Waals surface area contributed by atoms with E-state index in [-0.39, 0.29) is 18.0 Å². The van der Waals surface area contributed by atoms with Crippen molar-refractivity contribution in [2.24, 2.45) is 0 Å². The van der Waals surface area contributed by atoms with Crippen molar-refractivity contribution in [3.05, 3.63) is 59.4 Å². The van der Waals surface area contributed by atoms with Crippen molar-refractivity contribution < 1.29 is 8.78 Å². The smallest absolute Gasteiger partial charge is 0.129 e. The summed E-state index contributed by atoms with van der Waals surface area (Å²) in [5, 5.41) is 10.5. The van der Waals surface area contributed by atoms with Crippen molar-refractivity contribution in [3.63, 3.8) is 0 Å². The molecular weight excluding hydrogens is 236 g/mol. The molecule has 0 aliphatic rings. The number of aromatic nitrogens is 2. The summed E-state index contributed by atoms with van der Waals surface area (Å²) in [6, 6.07) is 5.45. The fourth-order valence-corrected chi connectivity index (χ4v) is 1.83. The Hall–Kier alpha value is -1.88. The van der Waals surface area contributed by atoms with Gasteiger partial charge in [-0.25, -0.2) is 8.78 Å². The Kier molecular flexibility index (Phi) is 3.94. The quantitative estimate of drug-likeness (QED) is 0.903. The highest BCUT2D eigenvalue weighted by molar-refractivity contribution is 5.23. The standard InChI is InChI=1S/C13H13F2N3/c1-16-13(9-5-6-17-18-8-9)7-10-11(14)3-2-4-12(10)15/h2-6,8,13,16H,7H2,1H3. The highest BCUT2D eigenvalue weighted by Crippen LogP contribution is 2.21. The number of benzene rings is 1. The fourth-order valence-electron chi connectivity index (χ4n) is 1.83. The lowest BCUT2D eigenvalue weighted by Crippen LogP contribution is -2.20. The second kappa shape index (κ2) is 5.64. The first-order valence-electron chi connectivity index (χ1n) is 5.59. The highest BCUT2D eigenvalue weighted by Gasteiger charge is 2.16. The van der Waals surface area contributed by atoms with Crippen LogP contribution in [0.2, 0.25) is 0 Å². The molecular formula is C13H13F2N3. The molecule has 5 heteroatoms. The van der Waals surface area contributed by atoms with Crippen LogP contribution in [-0.4, -0.2) is 17.2 Å². The molecule has 0 amide bonds. The summed E-state index contributed by atoms with van der Waals surface area (Å²) in [5.41, 5.74) is 0.920. The van der Waals surface area contributed by atoms with Gasteiger partial charge >= 0.3 is 0 Å². The predicted octanol–water partition coefficient (Wildman–Crippen LogP) is 2.26. The minimum atomic E-state index is -0.530. The van der Waals surface area contributed by atoms with E-state index in [4.69, 9.17) is 0 Å². The van der Waals surface area contributed by atoms with Crippen LogP contribution in [0.3, 0.4) is 0 Å². The van der Waals surface area contributed by atoms with Crippen LogP contribution in [0.4, 0.5) is 8.78 Å². The van der Waals surface area contributed by atoms with Crippen LogP contribution >= 0.6 is 0 Å². The molecule has 1 aromatic heterocycles. The molecule has 0 spiro atoms. The molecule has 1 N–H and O–H groups in total. The van der Waals surface area contributed by atoms with E-state index in [0.29, 0.717) is 0 Å². The monoisotopic (exact) mass is 249 g/mol. The van der Waals surface area contributed by atoms with Crippen molar-refractivity contribution in [3.8, 4) is 0 Å². The van der Waals surface area contributed by atoms with Crippen LogP contribution in [0, 0.1) is 11.6 Å². The molecule has 2 aromatic rings. The Morgan fingerprint density at radius 3 is 2.44 bits per heavy atom. The molecule has 0 bridgehead atoms. The zero-order valence-electron chi connectivity index (χ0n) is 9.90. The van der Waals surface area contributed by atoms with E-state index in [1.807, 2.05) is 0 Å². The van der Waals surface area contributed by atoms with E-state index in [1.165, 1.54) is 18.2 Å². The van der Waals surface area contributed by atoms with Gasteiger partial charge in [0.15, 0.2) is 0 Å². The van der Waals surface area contributed by atoms with Gasteiger partial charge in [-0.1, -0.05) is 6.07 Å². The molecule has 0 aliphatic heterocycles. The van der Waals surface area contributed by atoms with Crippen molar-refractivity contribution in [2.75, 3.05) is 7.05 Å². The average Bonchev–Trinajstić information content (AvgIpc) is 2.40. The van der Waals surface area contributed by atoms with E-state index < -0.39 is 11.6 Å². The Balaban J connectivity index is 2.26.